The molecule has 0 aliphatic rings. The predicted molar refractivity (Wildman–Crippen MR) is 67.9 cm³/mol. The largest absolute Gasteiger partial charge is 0.461 e. The van der Waals surface area contributed by atoms with E-state index in [9.17, 15) is 4.79 Å². The standard InChI is InChI=1S/C11H14N4O2S/c1-2-15-10(8-4-3-6-17-8)13-14-11(15)18-7-5-9(12)16/h3-4,6H,2,5,7H2,1H3,(H2,12,16). The molecule has 7 heteroatoms. The van der Waals surface area contributed by atoms with Gasteiger partial charge in [-0.25, -0.2) is 0 Å². The number of hydrogen-bond acceptors (Lipinski definition) is 5. The van der Waals surface area contributed by atoms with Gasteiger partial charge in [-0.1, -0.05) is 11.8 Å². The van der Waals surface area contributed by atoms with E-state index in [2.05, 4.69) is 10.2 Å². The molecular formula is C11H14N4O2S. The molecule has 18 heavy (non-hydrogen) atoms. The lowest BCUT2D eigenvalue weighted by atomic mass is 10.4. The van der Waals surface area contributed by atoms with Crippen molar-refractivity contribution in [3.8, 4) is 11.6 Å². The summed E-state index contributed by atoms with van der Waals surface area (Å²) in [6.07, 6.45) is 1.93. The monoisotopic (exact) mass is 266 g/mol. The van der Waals surface area contributed by atoms with Crippen molar-refractivity contribution in [2.45, 2.75) is 25.0 Å². The predicted octanol–water partition coefficient (Wildman–Crippen LogP) is 1.53. The molecule has 0 saturated heterocycles. The lowest BCUT2D eigenvalue weighted by Gasteiger charge is -2.04. The van der Waals surface area contributed by atoms with Gasteiger partial charge in [0.05, 0.1) is 6.26 Å². The number of amides is 1. The molecular weight excluding hydrogens is 252 g/mol. The molecule has 0 aromatic carbocycles. The molecule has 0 radical (unpaired) electrons. The van der Waals surface area contributed by atoms with E-state index in [1.54, 1.807) is 6.26 Å². The molecule has 2 N–H and O–H groups in total. The van der Waals surface area contributed by atoms with Crippen molar-refractivity contribution >= 4 is 17.7 Å². The molecule has 0 unspecified atom stereocenters. The van der Waals surface area contributed by atoms with Gasteiger partial charge in [-0.3, -0.25) is 9.36 Å². The summed E-state index contributed by atoms with van der Waals surface area (Å²) in [7, 11) is 0. The molecule has 0 saturated carbocycles. The number of nitrogens with two attached hydrogens (primary N) is 1. The highest BCUT2D eigenvalue weighted by Crippen LogP contribution is 2.24. The maximum atomic E-state index is 10.7. The van der Waals surface area contributed by atoms with Crippen molar-refractivity contribution in [3.05, 3.63) is 18.4 Å². The topological polar surface area (TPSA) is 86.9 Å². The van der Waals surface area contributed by atoms with Gasteiger partial charge < -0.3 is 10.2 Å². The van der Waals surface area contributed by atoms with E-state index in [0.29, 0.717) is 23.8 Å². The van der Waals surface area contributed by atoms with Crippen LogP contribution in [0, 0.1) is 0 Å². The Hall–Kier alpha value is -1.76. The van der Waals surface area contributed by atoms with E-state index in [0.717, 1.165) is 11.7 Å². The fourth-order valence-corrected chi connectivity index (χ4v) is 2.47. The summed E-state index contributed by atoms with van der Waals surface area (Å²) >= 11 is 1.46. The van der Waals surface area contributed by atoms with Gasteiger partial charge in [0.1, 0.15) is 0 Å². The van der Waals surface area contributed by atoms with Crippen molar-refractivity contribution in [1.82, 2.24) is 14.8 Å². The average molecular weight is 266 g/mol. The van der Waals surface area contributed by atoms with Crippen LogP contribution in [0.25, 0.3) is 11.6 Å². The molecule has 0 fully saturated rings. The zero-order valence-corrected chi connectivity index (χ0v) is 10.8. The van der Waals surface area contributed by atoms with Crippen molar-refractivity contribution in [1.29, 1.82) is 0 Å². The van der Waals surface area contributed by atoms with E-state index in [-0.39, 0.29) is 5.91 Å². The van der Waals surface area contributed by atoms with E-state index in [1.807, 2.05) is 23.6 Å². The smallest absolute Gasteiger partial charge is 0.218 e. The third-order valence-corrected chi connectivity index (χ3v) is 3.32. The fourth-order valence-electron chi connectivity index (χ4n) is 1.51. The molecule has 96 valence electrons. The molecule has 6 nitrogen and oxygen atoms in total. The van der Waals surface area contributed by atoms with Gasteiger partial charge in [-0.05, 0) is 19.1 Å². The van der Waals surface area contributed by atoms with E-state index >= 15 is 0 Å². The van der Waals surface area contributed by atoms with Gasteiger partial charge in [-0.2, -0.15) is 0 Å². The van der Waals surface area contributed by atoms with Gasteiger partial charge in [-0.15, -0.1) is 10.2 Å². The minimum absolute atomic E-state index is 0.309. The number of rotatable bonds is 6. The summed E-state index contributed by atoms with van der Waals surface area (Å²) in [5.41, 5.74) is 5.10. The second kappa shape index (κ2) is 5.72. The van der Waals surface area contributed by atoms with Crippen LogP contribution in [0.15, 0.2) is 28.0 Å². The van der Waals surface area contributed by atoms with Crippen molar-refractivity contribution in [2.75, 3.05) is 5.75 Å². The van der Waals surface area contributed by atoms with Crippen LogP contribution in [0.2, 0.25) is 0 Å². The Labute approximate surface area is 109 Å². The summed E-state index contributed by atoms with van der Waals surface area (Å²) in [6, 6.07) is 3.65. The highest BCUT2D eigenvalue weighted by Gasteiger charge is 2.14. The number of primary amides is 1. The number of aromatic nitrogens is 3. The third-order valence-electron chi connectivity index (χ3n) is 2.35. The Bertz CT molecular complexity index is 521. The molecule has 0 aliphatic heterocycles. The van der Waals surface area contributed by atoms with Gasteiger partial charge in [0.2, 0.25) is 5.91 Å². The maximum absolute atomic E-state index is 10.7. The van der Waals surface area contributed by atoms with Crippen LogP contribution in [0.3, 0.4) is 0 Å². The summed E-state index contributed by atoms with van der Waals surface area (Å²) in [5.74, 6) is 1.68. The fraction of sp³-hybridized carbons (Fsp3) is 0.364. The SMILES string of the molecule is CCn1c(SCCC(N)=O)nnc1-c1ccco1. The van der Waals surface area contributed by atoms with Crippen LogP contribution < -0.4 is 5.73 Å². The van der Waals surface area contributed by atoms with Crippen molar-refractivity contribution in [2.24, 2.45) is 5.73 Å². The summed E-state index contributed by atoms with van der Waals surface area (Å²) in [4.78, 5) is 10.7. The number of furan rings is 1. The zero-order valence-electron chi connectivity index (χ0n) is 10.00. The second-order valence-electron chi connectivity index (χ2n) is 3.59. The van der Waals surface area contributed by atoms with E-state index in [1.165, 1.54) is 11.8 Å². The Morgan fingerprint density at radius 2 is 2.39 bits per heavy atom. The summed E-state index contributed by atoms with van der Waals surface area (Å²) in [6.45, 7) is 2.75. The van der Waals surface area contributed by atoms with Crippen molar-refractivity contribution < 1.29 is 9.21 Å². The number of hydrogen-bond donors (Lipinski definition) is 1. The number of carbonyl (C=O) groups excluding carboxylic acids is 1. The maximum Gasteiger partial charge on any atom is 0.218 e. The third kappa shape index (κ3) is 2.73. The Balaban J connectivity index is 2.15. The Morgan fingerprint density at radius 1 is 1.56 bits per heavy atom. The molecule has 2 rings (SSSR count). The summed E-state index contributed by atoms with van der Waals surface area (Å²) < 4.78 is 7.26. The second-order valence-corrected chi connectivity index (χ2v) is 4.65. The van der Waals surface area contributed by atoms with Gasteiger partial charge in [0, 0.05) is 18.7 Å². The summed E-state index contributed by atoms with van der Waals surface area (Å²) in [5, 5.41) is 8.98. The van der Waals surface area contributed by atoms with E-state index in [4.69, 9.17) is 10.2 Å². The van der Waals surface area contributed by atoms with Crippen LogP contribution in [-0.4, -0.2) is 26.4 Å². The highest BCUT2D eigenvalue weighted by atomic mass is 32.2. The highest BCUT2D eigenvalue weighted by molar-refractivity contribution is 7.99. The zero-order chi connectivity index (χ0) is 13.0. The van der Waals surface area contributed by atoms with Gasteiger partial charge >= 0.3 is 0 Å². The van der Waals surface area contributed by atoms with Crippen LogP contribution in [-0.2, 0) is 11.3 Å². The van der Waals surface area contributed by atoms with Crippen LogP contribution in [0.4, 0.5) is 0 Å². The average Bonchev–Trinajstić information content (AvgIpc) is 2.95. The van der Waals surface area contributed by atoms with Crippen LogP contribution in [0.5, 0.6) is 0 Å². The molecule has 0 spiro atoms. The molecule has 2 aromatic rings. The first kappa shape index (κ1) is 12.7. The first-order chi connectivity index (χ1) is 8.72. The lowest BCUT2D eigenvalue weighted by molar-refractivity contribution is -0.117. The molecule has 0 aliphatic carbocycles. The Kier molecular flexibility index (Phi) is 4.03. The molecule has 1 amide bonds. The number of nitrogens with zero attached hydrogens (tertiary/aromatic N) is 3. The van der Waals surface area contributed by atoms with E-state index < -0.39 is 0 Å². The molecule has 2 aromatic heterocycles. The lowest BCUT2D eigenvalue weighted by Crippen LogP contribution is -2.11. The first-order valence-corrected chi connectivity index (χ1v) is 6.59. The first-order valence-electron chi connectivity index (χ1n) is 5.60. The van der Waals surface area contributed by atoms with Gasteiger partial charge in [0.25, 0.3) is 0 Å². The van der Waals surface area contributed by atoms with Crippen LogP contribution in [0.1, 0.15) is 13.3 Å². The minimum atomic E-state index is -0.309. The van der Waals surface area contributed by atoms with Crippen LogP contribution >= 0.6 is 11.8 Å². The molecule has 2 heterocycles. The molecule has 0 atom stereocenters. The number of thioether (sulfide) groups is 1. The quantitative estimate of drug-likeness (QED) is 0.801. The Morgan fingerprint density at radius 3 is 3.00 bits per heavy atom. The van der Waals surface area contributed by atoms with Crippen molar-refractivity contribution in [3.63, 3.8) is 0 Å². The van der Waals surface area contributed by atoms with Gasteiger partial charge in [0.15, 0.2) is 16.7 Å². The number of carbonyl (C=O) groups is 1. The normalized spacial score (nSPS) is 10.7. The molecule has 0 bridgehead atoms. The minimum Gasteiger partial charge on any atom is -0.461 e.